The molecule has 10 heteroatoms. The maximum atomic E-state index is 13.1. The minimum Gasteiger partial charge on any atom is -0.478 e. The van der Waals surface area contributed by atoms with Crippen LogP contribution >= 0.6 is 12.4 Å². The zero-order valence-electron chi connectivity index (χ0n) is 26.6. The van der Waals surface area contributed by atoms with E-state index in [4.69, 9.17) is 5.11 Å². The fraction of sp³-hybridized carbons (Fsp3) is 0.412. The molecule has 2 amide bonds. The van der Waals surface area contributed by atoms with E-state index in [0.717, 1.165) is 24.0 Å². The topological polar surface area (TPSA) is 114 Å². The second kappa shape index (κ2) is 18.1. The first-order chi connectivity index (χ1) is 20.3. The maximum absolute atomic E-state index is 13.1. The third-order valence-corrected chi connectivity index (χ3v) is 7.57. The Balaban J connectivity index is 0.000000827. The molecule has 1 heterocycles. The van der Waals surface area contributed by atoms with Crippen LogP contribution in [-0.2, 0) is 22.4 Å². The van der Waals surface area contributed by atoms with Crippen molar-refractivity contribution in [3.63, 3.8) is 0 Å². The molecule has 2 aromatic carbocycles. The lowest BCUT2D eigenvalue weighted by molar-refractivity contribution is -0.139. The van der Waals surface area contributed by atoms with Crippen LogP contribution in [0.1, 0.15) is 49.2 Å². The molecule has 0 fully saturated rings. The summed E-state index contributed by atoms with van der Waals surface area (Å²) in [6.07, 6.45) is 4.30. The Bertz CT molecular complexity index is 1220. The standard InChI is InChI=1S/C28H41N3O3.C6H5NO2.ClH/c1-27(2,19-23-13-9-7-10-14-23)29(5)25(33)21-31(17-18-32)22-26(34)30(6)28(3,4)20-24-15-11-8-12-16-24;8-6(9)5-2-1-3-7-4-5;/h7-16,32H,17-22H2,1-6H3;1-4H,(H,8,9);1H. The van der Waals surface area contributed by atoms with E-state index in [1.807, 2.05) is 64.1 Å². The van der Waals surface area contributed by atoms with E-state index in [1.165, 1.54) is 18.5 Å². The van der Waals surface area contributed by atoms with Crippen molar-refractivity contribution in [3.8, 4) is 0 Å². The van der Waals surface area contributed by atoms with Crippen molar-refractivity contribution in [1.29, 1.82) is 0 Å². The summed E-state index contributed by atoms with van der Waals surface area (Å²) in [5, 5.41) is 17.9. The van der Waals surface area contributed by atoms with Crippen LogP contribution in [-0.4, -0.2) is 99.1 Å². The van der Waals surface area contributed by atoms with Gasteiger partial charge in [0.1, 0.15) is 0 Å². The van der Waals surface area contributed by atoms with Crippen molar-refractivity contribution in [3.05, 3.63) is 102 Å². The highest BCUT2D eigenvalue weighted by molar-refractivity contribution is 5.87. The number of halogens is 1. The van der Waals surface area contributed by atoms with Crippen LogP contribution in [0.4, 0.5) is 0 Å². The molecule has 0 bridgehead atoms. The van der Waals surface area contributed by atoms with Gasteiger partial charge in [-0.25, -0.2) is 4.79 Å². The molecule has 0 spiro atoms. The first kappa shape index (κ1) is 38.2. The van der Waals surface area contributed by atoms with E-state index in [0.29, 0.717) is 0 Å². The Hall–Kier alpha value is -3.79. The number of carboxylic acid groups (broad SMARTS) is 1. The van der Waals surface area contributed by atoms with E-state index >= 15 is 0 Å². The molecule has 240 valence electrons. The highest BCUT2D eigenvalue weighted by Crippen LogP contribution is 2.21. The van der Waals surface area contributed by atoms with Gasteiger partial charge in [-0.05, 0) is 63.8 Å². The third kappa shape index (κ3) is 12.4. The van der Waals surface area contributed by atoms with Gasteiger partial charge in [0, 0.05) is 44.1 Å². The number of carbonyl (C=O) groups is 3. The summed E-state index contributed by atoms with van der Waals surface area (Å²) in [7, 11) is 3.61. The molecule has 2 N–H and O–H groups in total. The monoisotopic (exact) mass is 626 g/mol. The van der Waals surface area contributed by atoms with Crippen molar-refractivity contribution in [1.82, 2.24) is 19.7 Å². The average Bonchev–Trinajstić information content (AvgIpc) is 2.97. The van der Waals surface area contributed by atoms with Gasteiger partial charge in [0.05, 0.1) is 25.3 Å². The molecule has 1 aromatic heterocycles. The van der Waals surface area contributed by atoms with Gasteiger partial charge >= 0.3 is 5.97 Å². The zero-order valence-corrected chi connectivity index (χ0v) is 27.5. The minimum absolute atomic E-state index is 0. The Morgan fingerprint density at radius 2 is 1.16 bits per heavy atom. The van der Waals surface area contributed by atoms with Crippen LogP contribution in [0.2, 0.25) is 0 Å². The van der Waals surface area contributed by atoms with Crippen molar-refractivity contribution < 1.29 is 24.6 Å². The molecule has 0 aliphatic heterocycles. The van der Waals surface area contributed by atoms with Gasteiger partial charge in [-0.15, -0.1) is 12.4 Å². The highest BCUT2D eigenvalue weighted by Gasteiger charge is 2.31. The molecule has 0 unspecified atom stereocenters. The molecule has 0 saturated carbocycles. The fourth-order valence-electron chi connectivity index (χ4n) is 4.54. The summed E-state index contributed by atoms with van der Waals surface area (Å²) < 4.78 is 0. The molecule has 0 atom stereocenters. The number of aromatic carboxylic acids is 1. The number of carbonyl (C=O) groups excluding carboxylic acids is 2. The fourth-order valence-corrected chi connectivity index (χ4v) is 4.54. The van der Waals surface area contributed by atoms with Crippen LogP contribution in [0.3, 0.4) is 0 Å². The van der Waals surface area contributed by atoms with E-state index in [1.54, 1.807) is 34.9 Å². The SMILES string of the molecule is CN(C(=O)CN(CCO)CC(=O)N(C)C(C)(C)Cc1ccccc1)C(C)(C)Cc1ccccc1.Cl.O=C(O)c1cccnc1. The minimum atomic E-state index is -0.942. The highest BCUT2D eigenvalue weighted by atomic mass is 35.5. The third-order valence-electron chi connectivity index (χ3n) is 7.57. The van der Waals surface area contributed by atoms with Gasteiger partial charge in [-0.3, -0.25) is 19.5 Å². The molecule has 3 aromatic rings. The van der Waals surface area contributed by atoms with Gasteiger partial charge in [-0.2, -0.15) is 0 Å². The normalized spacial score (nSPS) is 11.1. The molecule has 9 nitrogen and oxygen atoms in total. The van der Waals surface area contributed by atoms with Crippen molar-refractivity contribution in [2.45, 2.75) is 51.6 Å². The molecular weight excluding hydrogens is 580 g/mol. The number of likely N-dealkylation sites (N-methyl/N-ethyl adjacent to an activating group) is 2. The van der Waals surface area contributed by atoms with Crippen molar-refractivity contribution in [2.75, 3.05) is 40.3 Å². The number of pyridine rings is 1. The van der Waals surface area contributed by atoms with Gasteiger partial charge in [-0.1, -0.05) is 60.7 Å². The van der Waals surface area contributed by atoms with Crippen LogP contribution in [0.5, 0.6) is 0 Å². The first-order valence-corrected chi connectivity index (χ1v) is 14.3. The molecule has 0 aliphatic rings. The summed E-state index contributed by atoms with van der Waals surface area (Å²) in [5.41, 5.74) is 1.77. The number of hydrogen-bond acceptors (Lipinski definition) is 6. The Morgan fingerprint density at radius 1 is 0.727 bits per heavy atom. The van der Waals surface area contributed by atoms with Gasteiger partial charge in [0.2, 0.25) is 11.8 Å². The maximum Gasteiger partial charge on any atom is 0.337 e. The van der Waals surface area contributed by atoms with E-state index < -0.39 is 5.97 Å². The predicted octanol–water partition coefficient (Wildman–Crippen LogP) is 4.44. The molecule has 3 rings (SSSR count). The summed E-state index contributed by atoms with van der Waals surface area (Å²) in [5.74, 6) is -1.09. The Morgan fingerprint density at radius 3 is 1.48 bits per heavy atom. The first-order valence-electron chi connectivity index (χ1n) is 14.3. The number of aliphatic hydroxyl groups is 1. The Labute approximate surface area is 267 Å². The Kier molecular flexibility index (Phi) is 15.7. The van der Waals surface area contributed by atoms with E-state index in [-0.39, 0.29) is 67.1 Å². The number of nitrogens with zero attached hydrogens (tertiary/aromatic N) is 4. The lowest BCUT2D eigenvalue weighted by Crippen LogP contribution is -2.53. The van der Waals surface area contributed by atoms with Gasteiger partial charge in [0.25, 0.3) is 0 Å². The quantitative estimate of drug-likeness (QED) is 0.288. The average molecular weight is 627 g/mol. The number of benzene rings is 2. The van der Waals surface area contributed by atoms with Crippen LogP contribution in [0, 0.1) is 0 Å². The van der Waals surface area contributed by atoms with Crippen molar-refractivity contribution in [2.24, 2.45) is 0 Å². The summed E-state index contributed by atoms with van der Waals surface area (Å²) >= 11 is 0. The molecule has 0 radical (unpaired) electrons. The molecule has 44 heavy (non-hydrogen) atoms. The van der Waals surface area contributed by atoms with Gasteiger partial charge < -0.3 is 20.0 Å². The van der Waals surface area contributed by atoms with Crippen LogP contribution in [0.25, 0.3) is 0 Å². The lowest BCUT2D eigenvalue weighted by Gasteiger charge is -2.39. The van der Waals surface area contributed by atoms with E-state index in [9.17, 15) is 19.5 Å². The number of aliphatic hydroxyl groups excluding tert-OH is 1. The van der Waals surface area contributed by atoms with Gasteiger partial charge in [0.15, 0.2) is 0 Å². The lowest BCUT2D eigenvalue weighted by atomic mass is 9.93. The second-order valence-corrected chi connectivity index (χ2v) is 11.8. The second-order valence-electron chi connectivity index (χ2n) is 11.8. The number of hydrogen-bond donors (Lipinski definition) is 2. The number of carboxylic acids is 1. The van der Waals surface area contributed by atoms with E-state index in [2.05, 4.69) is 29.2 Å². The molecule has 0 aliphatic carbocycles. The number of rotatable bonds is 13. The predicted molar refractivity (Wildman–Crippen MR) is 176 cm³/mol. The van der Waals surface area contributed by atoms with Crippen molar-refractivity contribution >= 4 is 30.2 Å². The summed E-state index contributed by atoms with van der Waals surface area (Å²) in [6, 6.07) is 23.3. The zero-order chi connectivity index (χ0) is 32.0. The largest absolute Gasteiger partial charge is 0.478 e. The molecular formula is C34H47ClN4O5. The number of aromatic nitrogens is 1. The number of amides is 2. The van der Waals surface area contributed by atoms with Crippen LogP contribution < -0.4 is 0 Å². The molecule has 0 saturated heterocycles. The smallest absolute Gasteiger partial charge is 0.337 e. The summed E-state index contributed by atoms with van der Waals surface area (Å²) in [4.78, 5) is 45.3. The summed E-state index contributed by atoms with van der Waals surface area (Å²) in [6.45, 7) is 8.46. The van der Waals surface area contributed by atoms with Crippen LogP contribution in [0.15, 0.2) is 85.2 Å².